The summed E-state index contributed by atoms with van der Waals surface area (Å²) in [4.78, 5) is 28.7. The topological polar surface area (TPSA) is 59.1 Å². The van der Waals surface area contributed by atoms with Gasteiger partial charge >= 0.3 is 0 Å². The molecule has 0 aromatic heterocycles. The van der Waals surface area contributed by atoms with E-state index < -0.39 is 0 Å². The van der Waals surface area contributed by atoms with Crippen molar-refractivity contribution in [2.75, 3.05) is 26.3 Å². The van der Waals surface area contributed by atoms with E-state index in [0.717, 1.165) is 69.6 Å². The second-order valence-electron chi connectivity index (χ2n) is 11.1. The van der Waals surface area contributed by atoms with Gasteiger partial charge in [0.25, 0.3) is 11.8 Å². The van der Waals surface area contributed by atoms with E-state index >= 15 is 0 Å². The van der Waals surface area contributed by atoms with Crippen LogP contribution >= 0.6 is 23.5 Å². The van der Waals surface area contributed by atoms with Crippen molar-refractivity contribution in [3.05, 3.63) is 21.4 Å². The Balaban J connectivity index is 1.65. The smallest absolute Gasteiger partial charge is 0.279 e. The van der Waals surface area contributed by atoms with E-state index in [1.807, 2.05) is 0 Å². The molecule has 2 fully saturated rings. The van der Waals surface area contributed by atoms with Gasteiger partial charge in [0.2, 0.25) is 0 Å². The third-order valence-corrected chi connectivity index (χ3v) is 10.7. The Bertz CT molecular complexity index is 1050. The monoisotopic (exact) mass is 574 g/mol. The molecule has 0 spiro atoms. The van der Waals surface area contributed by atoms with Crippen LogP contribution in [0.4, 0.5) is 0 Å². The Labute approximate surface area is 243 Å². The molecule has 2 unspecified atom stereocenters. The standard InChI is InChI=1S/C31H46N2O4S2/c1-6-10-14-22(8-3)19-36-24-18-21(5)26(37-20-23(9-4)15-11-7-2)28-27(24)38-31(39-28)25-29(34)32-16-12-13-17-33(32)30(25)35/h18,22-23H,6-17,19-20H2,1-5H3. The third kappa shape index (κ3) is 6.75. The molecule has 1 aromatic rings. The Hall–Kier alpha value is -1.80. The molecule has 0 saturated carbocycles. The number of benzene rings is 1. The van der Waals surface area contributed by atoms with Gasteiger partial charge in [0, 0.05) is 13.1 Å². The summed E-state index contributed by atoms with van der Waals surface area (Å²) in [5.41, 5.74) is 1.35. The van der Waals surface area contributed by atoms with E-state index in [0.29, 0.717) is 43.7 Å². The van der Waals surface area contributed by atoms with E-state index in [2.05, 4.69) is 40.7 Å². The van der Waals surface area contributed by atoms with E-state index in [-0.39, 0.29) is 11.8 Å². The van der Waals surface area contributed by atoms with Crippen LogP contribution in [0.3, 0.4) is 0 Å². The fraction of sp³-hybridized carbons (Fsp3) is 0.677. The van der Waals surface area contributed by atoms with Crippen molar-refractivity contribution in [3.63, 3.8) is 0 Å². The maximum Gasteiger partial charge on any atom is 0.279 e. The molecule has 3 heterocycles. The number of aryl methyl sites for hydroxylation is 1. The number of unbranched alkanes of at least 4 members (excludes halogenated alkanes) is 2. The van der Waals surface area contributed by atoms with Crippen LogP contribution < -0.4 is 9.47 Å². The van der Waals surface area contributed by atoms with Gasteiger partial charge in [-0.1, -0.05) is 89.7 Å². The molecule has 3 aliphatic rings. The summed E-state index contributed by atoms with van der Waals surface area (Å²) in [5.74, 6) is 2.40. The fourth-order valence-electron chi connectivity index (χ4n) is 5.42. The number of fused-ring (bicyclic) bond motifs is 2. The second kappa shape index (κ2) is 14.2. The second-order valence-corrected chi connectivity index (χ2v) is 13.4. The Morgan fingerprint density at radius 1 is 0.821 bits per heavy atom. The minimum absolute atomic E-state index is 0.166. The minimum Gasteiger partial charge on any atom is -0.492 e. The lowest BCUT2D eigenvalue weighted by molar-refractivity contribution is -0.150. The summed E-state index contributed by atoms with van der Waals surface area (Å²) < 4.78 is 13.8. The molecular formula is C31H46N2O4S2. The van der Waals surface area contributed by atoms with Crippen molar-refractivity contribution in [1.82, 2.24) is 10.0 Å². The number of hydrogen-bond acceptors (Lipinski definition) is 6. The molecule has 0 radical (unpaired) electrons. The highest BCUT2D eigenvalue weighted by atomic mass is 32.2. The minimum atomic E-state index is -0.166. The molecule has 3 aliphatic heterocycles. The molecular weight excluding hydrogens is 528 g/mol. The lowest BCUT2D eigenvalue weighted by Crippen LogP contribution is -2.45. The van der Waals surface area contributed by atoms with E-state index in [9.17, 15) is 9.59 Å². The van der Waals surface area contributed by atoms with Gasteiger partial charge in [-0.2, -0.15) is 0 Å². The Morgan fingerprint density at radius 2 is 1.36 bits per heavy atom. The number of hydrazine groups is 1. The van der Waals surface area contributed by atoms with Crippen LogP contribution in [0.25, 0.3) is 0 Å². The zero-order chi connectivity index (χ0) is 27.9. The van der Waals surface area contributed by atoms with E-state index in [4.69, 9.17) is 9.47 Å². The summed E-state index contributed by atoms with van der Waals surface area (Å²) >= 11 is 3.02. The fourth-order valence-corrected chi connectivity index (χ4v) is 8.17. The van der Waals surface area contributed by atoms with Crippen LogP contribution in [0.1, 0.15) is 97.5 Å². The highest BCUT2D eigenvalue weighted by molar-refractivity contribution is 8.25. The first kappa shape index (κ1) is 30.2. The van der Waals surface area contributed by atoms with Crippen molar-refractivity contribution in [2.45, 2.75) is 109 Å². The van der Waals surface area contributed by atoms with Gasteiger partial charge in [0.1, 0.15) is 17.1 Å². The summed E-state index contributed by atoms with van der Waals surface area (Å²) in [6.45, 7) is 13.6. The molecule has 0 N–H and O–H groups in total. The average molecular weight is 575 g/mol. The first-order chi connectivity index (χ1) is 18.9. The van der Waals surface area contributed by atoms with Gasteiger partial charge in [-0.3, -0.25) is 9.59 Å². The van der Waals surface area contributed by atoms with Crippen molar-refractivity contribution < 1.29 is 19.1 Å². The van der Waals surface area contributed by atoms with Gasteiger partial charge in [-0.15, -0.1) is 0 Å². The van der Waals surface area contributed by atoms with Gasteiger partial charge in [0.15, 0.2) is 0 Å². The lowest BCUT2D eigenvalue weighted by Gasteiger charge is -2.31. The van der Waals surface area contributed by atoms with E-state index in [1.54, 1.807) is 10.0 Å². The molecule has 2 atom stereocenters. The van der Waals surface area contributed by atoms with Crippen molar-refractivity contribution in [3.8, 4) is 11.5 Å². The van der Waals surface area contributed by atoms with Gasteiger partial charge in [-0.05, 0) is 56.1 Å². The van der Waals surface area contributed by atoms with Gasteiger partial charge < -0.3 is 9.47 Å². The zero-order valence-electron chi connectivity index (χ0n) is 24.5. The molecule has 4 rings (SSSR count). The number of carbonyl (C=O) groups is 2. The maximum atomic E-state index is 13.3. The summed E-state index contributed by atoms with van der Waals surface area (Å²) in [6.07, 6.45) is 11.2. The number of amides is 2. The summed E-state index contributed by atoms with van der Waals surface area (Å²) in [6, 6.07) is 2.10. The molecule has 1 aromatic carbocycles. The molecule has 2 amide bonds. The number of nitrogens with zero attached hydrogens (tertiary/aromatic N) is 2. The largest absolute Gasteiger partial charge is 0.492 e. The Morgan fingerprint density at radius 3 is 1.90 bits per heavy atom. The molecule has 0 bridgehead atoms. The summed E-state index contributed by atoms with van der Waals surface area (Å²) in [5, 5.41) is 3.27. The van der Waals surface area contributed by atoms with Crippen molar-refractivity contribution in [1.29, 1.82) is 0 Å². The first-order valence-electron chi connectivity index (χ1n) is 15.1. The summed E-state index contributed by atoms with van der Waals surface area (Å²) in [7, 11) is 0. The van der Waals surface area contributed by atoms with Gasteiger partial charge in [-0.25, -0.2) is 10.0 Å². The first-order valence-corrected chi connectivity index (χ1v) is 16.7. The normalized spacial score (nSPS) is 18.5. The quantitative estimate of drug-likeness (QED) is 0.166. The molecule has 39 heavy (non-hydrogen) atoms. The van der Waals surface area contributed by atoms with Crippen LogP contribution in [0, 0.1) is 18.8 Å². The highest BCUT2D eigenvalue weighted by Crippen LogP contribution is 2.60. The predicted molar refractivity (Wildman–Crippen MR) is 160 cm³/mol. The molecule has 2 saturated heterocycles. The van der Waals surface area contributed by atoms with Gasteiger partial charge in [0.05, 0.1) is 27.2 Å². The molecule has 216 valence electrons. The van der Waals surface area contributed by atoms with Crippen LogP contribution in [0.15, 0.2) is 25.7 Å². The van der Waals surface area contributed by atoms with Crippen LogP contribution in [-0.2, 0) is 9.59 Å². The molecule has 6 nitrogen and oxygen atoms in total. The SMILES string of the molecule is CCCCC(CC)COc1cc(C)c(OCC(CC)CCCC)c2c1SC(=C1C(=O)N3CCCCN3C1=O)S2. The highest BCUT2D eigenvalue weighted by Gasteiger charge is 2.46. The Kier molecular flexibility index (Phi) is 11.0. The number of thioether (sulfide) groups is 2. The van der Waals surface area contributed by atoms with Crippen molar-refractivity contribution in [2.24, 2.45) is 11.8 Å². The third-order valence-electron chi connectivity index (χ3n) is 8.14. The predicted octanol–water partition coefficient (Wildman–Crippen LogP) is 7.97. The van der Waals surface area contributed by atoms with Crippen LogP contribution in [0.5, 0.6) is 11.5 Å². The average Bonchev–Trinajstić information content (AvgIpc) is 3.49. The van der Waals surface area contributed by atoms with Crippen LogP contribution in [0.2, 0.25) is 0 Å². The molecule has 8 heteroatoms. The lowest BCUT2D eigenvalue weighted by atomic mass is 10.0. The van der Waals surface area contributed by atoms with Crippen molar-refractivity contribution >= 4 is 35.3 Å². The number of rotatable bonds is 14. The zero-order valence-corrected chi connectivity index (χ0v) is 26.1. The number of carbonyl (C=O) groups excluding carboxylic acids is 2. The molecule has 0 aliphatic carbocycles. The maximum absolute atomic E-state index is 13.3. The number of ether oxygens (including phenoxy) is 2. The van der Waals surface area contributed by atoms with E-state index in [1.165, 1.54) is 49.2 Å². The van der Waals surface area contributed by atoms with Crippen LogP contribution in [-0.4, -0.2) is 48.1 Å². The number of hydrogen-bond donors (Lipinski definition) is 0.